The SMILES string of the molecule is O=C(c1ccc(NS(=O)(=O)c2ccccc2)cc1)N1CCC(n2ccnc2)CC1. The predicted octanol–water partition coefficient (Wildman–Crippen LogP) is 3.16. The van der Waals surface area contributed by atoms with E-state index in [1.54, 1.807) is 48.7 Å². The summed E-state index contributed by atoms with van der Waals surface area (Å²) in [5.74, 6) is -0.0356. The largest absolute Gasteiger partial charge is 0.338 e. The number of carbonyl (C=O) groups excluding carboxylic acids is 1. The molecule has 1 aliphatic rings. The third-order valence-corrected chi connectivity index (χ3v) is 6.53. The standard InChI is InChI=1S/C21H22N4O3S/c26-21(24-13-10-19(11-14-24)25-15-12-22-16-25)17-6-8-18(9-7-17)23-29(27,28)20-4-2-1-3-5-20/h1-9,12,15-16,19,23H,10-11,13-14H2. The van der Waals surface area contributed by atoms with Crippen LogP contribution in [-0.2, 0) is 10.0 Å². The van der Waals surface area contributed by atoms with Gasteiger partial charge < -0.3 is 9.47 Å². The van der Waals surface area contributed by atoms with Crippen LogP contribution < -0.4 is 4.72 Å². The fourth-order valence-corrected chi connectivity index (χ4v) is 4.61. The van der Waals surface area contributed by atoms with Crippen molar-refractivity contribution in [1.82, 2.24) is 14.5 Å². The van der Waals surface area contributed by atoms with Crippen molar-refractivity contribution in [2.24, 2.45) is 0 Å². The van der Waals surface area contributed by atoms with Crippen LogP contribution >= 0.6 is 0 Å². The summed E-state index contributed by atoms with van der Waals surface area (Å²) in [6.45, 7) is 1.37. The van der Waals surface area contributed by atoms with E-state index in [-0.39, 0.29) is 10.8 Å². The first-order valence-electron chi connectivity index (χ1n) is 9.47. The second-order valence-corrected chi connectivity index (χ2v) is 8.71. The number of anilines is 1. The first kappa shape index (κ1) is 19.2. The number of amides is 1. The molecule has 0 saturated carbocycles. The van der Waals surface area contributed by atoms with Crippen LogP contribution in [0.5, 0.6) is 0 Å². The van der Waals surface area contributed by atoms with E-state index in [2.05, 4.69) is 14.3 Å². The molecular formula is C21H22N4O3S. The van der Waals surface area contributed by atoms with Gasteiger partial charge in [0.1, 0.15) is 0 Å². The second kappa shape index (κ2) is 8.08. The molecule has 1 saturated heterocycles. The minimum atomic E-state index is -3.65. The van der Waals surface area contributed by atoms with Crippen molar-refractivity contribution >= 4 is 21.6 Å². The maximum Gasteiger partial charge on any atom is 0.261 e. The molecule has 2 aromatic carbocycles. The van der Waals surface area contributed by atoms with Crippen molar-refractivity contribution in [3.8, 4) is 0 Å². The van der Waals surface area contributed by atoms with Gasteiger partial charge in [0.05, 0.1) is 11.2 Å². The van der Waals surface area contributed by atoms with E-state index >= 15 is 0 Å². The number of hydrogen-bond donors (Lipinski definition) is 1. The van der Waals surface area contributed by atoms with Gasteiger partial charge in [0.25, 0.3) is 15.9 Å². The van der Waals surface area contributed by atoms with E-state index in [9.17, 15) is 13.2 Å². The molecule has 0 bridgehead atoms. The Bertz CT molecular complexity index is 1060. The minimum Gasteiger partial charge on any atom is -0.338 e. The van der Waals surface area contributed by atoms with Crippen LogP contribution in [-0.4, -0.2) is 41.9 Å². The van der Waals surface area contributed by atoms with Crippen LogP contribution in [0.25, 0.3) is 0 Å². The molecule has 2 heterocycles. The number of rotatable bonds is 5. The maximum atomic E-state index is 12.8. The highest BCUT2D eigenvalue weighted by atomic mass is 32.2. The Morgan fingerprint density at radius 2 is 1.69 bits per heavy atom. The summed E-state index contributed by atoms with van der Waals surface area (Å²) in [6.07, 6.45) is 7.31. The van der Waals surface area contributed by atoms with Gasteiger partial charge in [-0.1, -0.05) is 18.2 Å². The van der Waals surface area contributed by atoms with E-state index in [1.807, 2.05) is 17.4 Å². The summed E-state index contributed by atoms with van der Waals surface area (Å²) >= 11 is 0. The van der Waals surface area contributed by atoms with E-state index in [0.29, 0.717) is 30.4 Å². The molecule has 0 aliphatic carbocycles. The van der Waals surface area contributed by atoms with Crippen molar-refractivity contribution in [2.75, 3.05) is 17.8 Å². The number of aromatic nitrogens is 2. The van der Waals surface area contributed by atoms with Crippen LogP contribution in [0.3, 0.4) is 0 Å². The number of hydrogen-bond acceptors (Lipinski definition) is 4. The summed E-state index contributed by atoms with van der Waals surface area (Å²) in [7, 11) is -3.65. The summed E-state index contributed by atoms with van der Waals surface area (Å²) in [5, 5.41) is 0. The molecule has 7 nitrogen and oxygen atoms in total. The topological polar surface area (TPSA) is 84.3 Å². The van der Waals surface area contributed by atoms with E-state index < -0.39 is 10.0 Å². The van der Waals surface area contributed by atoms with E-state index in [1.165, 1.54) is 12.1 Å². The molecule has 8 heteroatoms. The molecule has 1 N–H and O–H groups in total. The van der Waals surface area contributed by atoms with Gasteiger partial charge in [-0.05, 0) is 49.2 Å². The number of nitrogens with zero attached hydrogens (tertiary/aromatic N) is 3. The van der Waals surface area contributed by atoms with Gasteiger partial charge >= 0.3 is 0 Å². The van der Waals surface area contributed by atoms with Crippen LogP contribution in [0.4, 0.5) is 5.69 Å². The Hall–Kier alpha value is -3.13. The Balaban J connectivity index is 1.38. The molecule has 0 unspecified atom stereocenters. The lowest BCUT2D eigenvalue weighted by atomic mass is 10.0. The van der Waals surface area contributed by atoms with E-state index in [0.717, 1.165) is 12.8 Å². The zero-order valence-electron chi connectivity index (χ0n) is 15.8. The number of piperidine rings is 1. The molecule has 1 fully saturated rings. The number of sulfonamides is 1. The second-order valence-electron chi connectivity index (χ2n) is 7.03. The third-order valence-electron chi connectivity index (χ3n) is 5.14. The smallest absolute Gasteiger partial charge is 0.261 e. The van der Waals surface area contributed by atoms with Crippen molar-refractivity contribution in [3.05, 3.63) is 78.9 Å². The number of carbonyl (C=O) groups is 1. The fraction of sp³-hybridized carbons (Fsp3) is 0.238. The zero-order valence-corrected chi connectivity index (χ0v) is 16.6. The first-order chi connectivity index (χ1) is 14.0. The molecule has 0 atom stereocenters. The average molecular weight is 410 g/mol. The summed E-state index contributed by atoms with van der Waals surface area (Å²) in [5.41, 5.74) is 0.970. The normalized spacial score (nSPS) is 15.2. The van der Waals surface area contributed by atoms with Crippen LogP contribution in [0.2, 0.25) is 0 Å². The van der Waals surface area contributed by atoms with Gasteiger partial charge in [-0.3, -0.25) is 9.52 Å². The summed E-state index contributed by atoms with van der Waals surface area (Å²) < 4.78 is 29.4. The number of nitrogens with one attached hydrogen (secondary N) is 1. The molecular weight excluding hydrogens is 388 g/mol. The molecule has 0 radical (unpaired) electrons. The highest BCUT2D eigenvalue weighted by molar-refractivity contribution is 7.92. The molecule has 1 aromatic heterocycles. The van der Waals surface area contributed by atoms with Crippen molar-refractivity contribution in [2.45, 2.75) is 23.8 Å². The monoisotopic (exact) mass is 410 g/mol. The van der Waals surface area contributed by atoms with Gasteiger partial charge in [-0.25, -0.2) is 13.4 Å². The maximum absolute atomic E-state index is 12.8. The molecule has 29 heavy (non-hydrogen) atoms. The zero-order chi connectivity index (χ0) is 20.3. The van der Waals surface area contributed by atoms with Gasteiger partial charge in [0, 0.05) is 42.8 Å². The lowest BCUT2D eigenvalue weighted by Crippen LogP contribution is -2.38. The number of imidazole rings is 1. The van der Waals surface area contributed by atoms with Gasteiger partial charge in [-0.15, -0.1) is 0 Å². The van der Waals surface area contributed by atoms with Crippen molar-refractivity contribution < 1.29 is 13.2 Å². The van der Waals surface area contributed by atoms with Crippen LogP contribution in [0, 0.1) is 0 Å². The lowest BCUT2D eigenvalue weighted by Gasteiger charge is -2.32. The molecule has 4 rings (SSSR count). The Kier molecular flexibility index (Phi) is 5.35. The molecule has 150 valence electrons. The Morgan fingerprint density at radius 3 is 2.31 bits per heavy atom. The summed E-state index contributed by atoms with van der Waals surface area (Å²) in [4.78, 5) is 18.9. The third kappa shape index (κ3) is 4.32. The number of likely N-dealkylation sites (tertiary alicyclic amines) is 1. The van der Waals surface area contributed by atoms with Gasteiger partial charge in [-0.2, -0.15) is 0 Å². The fourth-order valence-electron chi connectivity index (χ4n) is 3.53. The first-order valence-corrected chi connectivity index (χ1v) is 11.0. The molecule has 0 spiro atoms. The predicted molar refractivity (Wildman–Crippen MR) is 110 cm³/mol. The highest BCUT2D eigenvalue weighted by Crippen LogP contribution is 2.24. The number of benzene rings is 2. The Labute approximate surface area is 170 Å². The Morgan fingerprint density at radius 1 is 1.00 bits per heavy atom. The van der Waals surface area contributed by atoms with Gasteiger partial charge in [0.15, 0.2) is 0 Å². The summed E-state index contributed by atoms with van der Waals surface area (Å²) in [6, 6.07) is 15.1. The average Bonchev–Trinajstić information content (AvgIpc) is 3.29. The molecule has 1 aliphatic heterocycles. The quantitative estimate of drug-likeness (QED) is 0.700. The van der Waals surface area contributed by atoms with E-state index in [4.69, 9.17) is 0 Å². The van der Waals surface area contributed by atoms with Gasteiger partial charge in [0.2, 0.25) is 0 Å². The van der Waals surface area contributed by atoms with Crippen molar-refractivity contribution in [3.63, 3.8) is 0 Å². The van der Waals surface area contributed by atoms with Crippen LogP contribution in [0.15, 0.2) is 78.2 Å². The van der Waals surface area contributed by atoms with Crippen molar-refractivity contribution in [1.29, 1.82) is 0 Å². The lowest BCUT2D eigenvalue weighted by molar-refractivity contribution is 0.0694. The minimum absolute atomic E-state index is 0.0356. The molecule has 3 aromatic rings. The molecule has 1 amide bonds. The van der Waals surface area contributed by atoms with Crippen LogP contribution in [0.1, 0.15) is 29.2 Å². The highest BCUT2D eigenvalue weighted by Gasteiger charge is 2.24.